The second-order valence-electron chi connectivity index (χ2n) is 3.99. The molecule has 1 aliphatic carbocycles. The highest BCUT2D eigenvalue weighted by molar-refractivity contribution is 5.47. The average molecular weight is 218 g/mol. The highest BCUT2D eigenvalue weighted by Crippen LogP contribution is 2.49. The van der Waals surface area contributed by atoms with Crippen LogP contribution in [0.4, 0.5) is 5.69 Å². The summed E-state index contributed by atoms with van der Waals surface area (Å²) in [6.45, 7) is 1.68. The Labute approximate surface area is 92.0 Å². The SMILES string of the molecule is Cc1cc(C2(N=C=O)CC2)ccc1[N+](=O)[O-]. The van der Waals surface area contributed by atoms with Gasteiger partial charge in [0, 0.05) is 11.6 Å². The van der Waals surface area contributed by atoms with Crippen molar-refractivity contribution in [1.29, 1.82) is 0 Å². The van der Waals surface area contributed by atoms with Gasteiger partial charge in [0.25, 0.3) is 5.69 Å². The minimum Gasteiger partial charge on any atom is -0.258 e. The number of hydrogen-bond acceptors (Lipinski definition) is 4. The Kier molecular flexibility index (Phi) is 2.33. The summed E-state index contributed by atoms with van der Waals surface area (Å²) in [7, 11) is 0. The molecule has 1 fully saturated rings. The summed E-state index contributed by atoms with van der Waals surface area (Å²) in [5, 5.41) is 10.6. The van der Waals surface area contributed by atoms with Crippen LogP contribution in [0.3, 0.4) is 0 Å². The Bertz CT molecular complexity index is 500. The van der Waals surface area contributed by atoms with Crippen LogP contribution in [0.5, 0.6) is 0 Å². The van der Waals surface area contributed by atoms with Crippen molar-refractivity contribution in [2.75, 3.05) is 0 Å². The molecule has 5 heteroatoms. The quantitative estimate of drug-likeness (QED) is 0.338. The fraction of sp³-hybridized carbons (Fsp3) is 0.364. The van der Waals surface area contributed by atoms with E-state index in [0.717, 1.165) is 18.4 Å². The minimum absolute atomic E-state index is 0.0923. The first-order chi connectivity index (χ1) is 7.59. The van der Waals surface area contributed by atoms with Crippen LogP contribution in [-0.2, 0) is 10.3 Å². The summed E-state index contributed by atoms with van der Waals surface area (Å²) in [6, 6.07) is 4.86. The molecule has 0 aromatic heterocycles. The van der Waals surface area contributed by atoms with Gasteiger partial charge in [-0.15, -0.1) is 0 Å². The van der Waals surface area contributed by atoms with Crippen LogP contribution in [0.15, 0.2) is 23.2 Å². The smallest absolute Gasteiger partial charge is 0.258 e. The highest BCUT2D eigenvalue weighted by Gasteiger charge is 2.45. The van der Waals surface area contributed by atoms with Crippen LogP contribution in [0.1, 0.15) is 24.0 Å². The lowest BCUT2D eigenvalue weighted by Gasteiger charge is -2.08. The van der Waals surface area contributed by atoms with Crippen LogP contribution in [0.2, 0.25) is 0 Å². The molecule has 1 aromatic rings. The predicted octanol–water partition coefficient (Wildman–Crippen LogP) is 2.23. The number of aryl methyl sites for hydroxylation is 1. The predicted molar refractivity (Wildman–Crippen MR) is 56.9 cm³/mol. The zero-order valence-corrected chi connectivity index (χ0v) is 8.77. The van der Waals surface area contributed by atoms with Crippen molar-refractivity contribution in [2.24, 2.45) is 4.99 Å². The fourth-order valence-electron chi connectivity index (χ4n) is 1.82. The van der Waals surface area contributed by atoms with Gasteiger partial charge in [-0.1, -0.05) is 0 Å². The molecular weight excluding hydrogens is 208 g/mol. The molecule has 0 unspecified atom stereocenters. The van der Waals surface area contributed by atoms with E-state index in [2.05, 4.69) is 4.99 Å². The number of carbonyl (C=O) groups excluding carboxylic acids is 1. The van der Waals surface area contributed by atoms with E-state index in [1.54, 1.807) is 25.1 Å². The van der Waals surface area contributed by atoms with E-state index in [1.807, 2.05) is 0 Å². The Hall–Kier alpha value is -2.00. The molecule has 0 amide bonds. The zero-order valence-electron chi connectivity index (χ0n) is 8.77. The zero-order chi connectivity index (χ0) is 11.8. The Morgan fingerprint density at radius 1 is 1.50 bits per heavy atom. The van der Waals surface area contributed by atoms with E-state index in [0.29, 0.717) is 5.56 Å². The lowest BCUT2D eigenvalue weighted by Crippen LogP contribution is -2.03. The van der Waals surface area contributed by atoms with Crippen LogP contribution >= 0.6 is 0 Å². The van der Waals surface area contributed by atoms with E-state index in [-0.39, 0.29) is 5.69 Å². The lowest BCUT2D eigenvalue weighted by atomic mass is 10.0. The molecule has 1 saturated carbocycles. The third kappa shape index (κ3) is 1.61. The third-order valence-electron chi connectivity index (χ3n) is 2.91. The lowest BCUT2D eigenvalue weighted by molar-refractivity contribution is -0.385. The molecule has 1 aromatic carbocycles. The monoisotopic (exact) mass is 218 g/mol. The number of isocyanates is 1. The summed E-state index contributed by atoms with van der Waals surface area (Å²) in [6.07, 6.45) is 3.18. The summed E-state index contributed by atoms with van der Waals surface area (Å²) in [5.41, 5.74) is 1.09. The molecule has 0 radical (unpaired) electrons. The Morgan fingerprint density at radius 3 is 2.62 bits per heavy atom. The summed E-state index contributed by atoms with van der Waals surface area (Å²) in [4.78, 5) is 24.3. The van der Waals surface area contributed by atoms with Gasteiger partial charge in [-0.25, -0.2) is 4.79 Å². The molecule has 0 N–H and O–H groups in total. The molecule has 0 aliphatic heterocycles. The van der Waals surface area contributed by atoms with Crippen molar-refractivity contribution in [2.45, 2.75) is 25.3 Å². The van der Waals surface area contributed by atoms with Crippen LogP contribution in [-0.4, -0.2) is 11.0 Å². The maximum Gasteiger partial charge on any atom is 0.272 e. The van der Waals surface area contributed by atoms with Crippen LogP contribution in [0.25, 0.3) is 0 Å². The Balaban J connectivity index is 2.42. The number of aliphatic imine (C=N–C) groups is 1. The van der Waals surface area contributed by atoms with Crippen LogP contribution in [0, 0.1) is 17.0 Å². The maximum atomic E-state index is 10.6. The third-order valence-corrected chi connectivity index (χ3v) is 2.91. The largest absolute Gasteiger partial charge is 0.272 e. The standard InChI is InChI=1S/C11H10N2O3/c1-8-6-9(2-3-10(8)13(15)16)11(4-5-11)12-7-14/h2-3,6H,4-5H2,1H3. The van der Waals surface area contributed by atoms with E-state index in [4.69, 9.17) is 0 Å². The maximum absolute atomic E-state index is 10.6. The number of nitro groups is 1. The first kappa shape index (κ1) is 10.5. The summed E-state index contributed by atoms with van der Waals surface area (Å²) < 4.78 is 0. The van der Waals surface area contributed by atoms with Crippen molar-refractivity contribution >= 4 is 11.8 Å². The second-order valence-corrected chi connectivity index (χ2v) is 3.99. The van der Waals surface area contributed by atoms with Gasteiger partial charge in [-0.05, 0) is 37.5 Å². The highest BCUT2D eigenvalue weighted by atomic mass is 16.6. The van der Waals surface area contributed by atoms with E-state index in [9.17, 15) is 14.9 Å². The molecule has 0 spiro atoms. The topological polar surface area (TPSA) is 72.6 Å². The number of nitro benzene ring substituents is 1. The van der Waals surface area contributed by atoms with Gasteiger partial charge in [0.05, 0.1) is 10.5 Å². The fourth-order valence-corrected chi connectivity index (χ4v) is 1.82. The second kappa shape index (κ2) is 3.54. The molecular formula is C11H10N2O3. The number of benzene rings is 1. The first-order valence-corrected chi connectivity index (χ1v) is 4.94. The first-order valence-electron chi connectivity index (χ1n) is 4.94. The molecule has 0 atom stereocenters. The van der Waals surface area contributed by atoms with Gasteiger partial charge in [-0.3, -0.25) is 10.1 Å². The average Bonchev–Trinajstić information content (AvgIpc) is 2.99. The minimum atomic E-state index is -0.457. The van der Waals surface area contributed by atoms with E-state index < -0.39 is 10.5 Å². The van der Waals surface area contributed by atoms with Gasteiger partial charge in [0.1, 0.15) is 0 Å². The number of rotatable bonds is 3. The normalized spacial score (nSPS) is 16.3. The number of hydrogen-bond donors (Lipinski definition) is 0. The molecule has 5 nitrogen and oxygen atoms in total. The van der Waals surface area contributed by atoms with E-state index >= 15 is 0 Å². The van der Waals surface area contributed by atoms with E-state index in [1.165, 1.54) is 6.07 Å². The van der Waals surface area contributed by atoms with Crippen LogP contribution < -0.4 is 0 Å². The van der Waals surface area contributed by atoms with Gasteiger partial charge in [0.2, 0.25) is 6.08 Å². The molecule has 2 rings (SSSR count). The van der Waals surface area contributed by atoms with Crippen molar-refractivity contribution in [3.8, 4) is 0 Å². The summed E-state index contributed by atoms with van der Waals surface area (Å²) >= 11 is 0. The molecule has 0 bridgehead atoms. The van der Waals surface area contributed by atoms with Gasteiger partial charge in [-0.2, -0.15) is 4.99 Å². The van der Waals surface area contributed by atoms with Crippen molar-refractivity contribution in [1.82, 2.24) is 0 Å². The van der Waals surface area contributed by atoms with Gasteiger partial charge in [0.15, 0.2) is 0 Å². The van der Waals surface area contributed by atoms with Gasteiger partial charge >= 0.3 is 0 Å². The molecule has 82 valence electrons. The molecule has 16 heavy (non-hydrogen) atoms. The summed E-state index contributed by atoms with van der Waals surface area (Å²) in [5.74, 6) is 0. The molecule has 1 aliphatic rings. The number of nitrogens with zero attached hydrogens (tertiary/aromatic N) is 2. The van der Waals surface area contributed by atoms with Crippen molar-refractivity contribution in [3.63, 3.8) is 0 Å². The van der Waals surface area contributed by atoms with Crippen molar-refractivity contribution < 1.29 is 9.72 Å². The molecule has 0 saturated heterocycles. The molecule has 0 heterocycles. The van der Waals surface area contributed by atoms with Crippen molar-refractivity contribution in [3.05, 3.63) is 39.4 Å². The Morgan fingerprint density at radius 2 is 2.19 bits per heavy atom. The van der Waals surface area contributed by atoms with Gasteiger partial charge < -0.3 is 0 Å².